The van der Waals surface area contributed by atoms with E-state index in [1.807, 2.05) is 19.9 Å². The predicted molar refractivity (Wildman–Crippen MR) is 67.1 cm³/mol. The summed E-state index contributed by atoms with van der Waals surface area (Å²) in [7, 11) is 0. The van der Waals surface area contributed by atoms with Crippen molar-refractivity contribution in [2.45, 2.75) is 44.5 Å². The molecule has 3 aliphatic rings. The van der Waals surface area contributed by atoms with Gasteiger partial charge in [-0.2, -0.15) is 0 Å². The molecule has 5 heteroatoms. The van der Waals surface area contributed by atoms with Crippen LogP contribution in [0.1, 0.15) is 27.2 Å². The number of halogens is 1. The number of hydrogen-bond donors (Lipinski definition) is 0. The number of ether oxygens (including phenoxy) is 2. The zero-order valence-electron chi connectivity index (χ0n) is 10.5. The molecule has 1 spiro atoms. The number of cyclic esters (lactones) is 1. The molecule has 18 heavy (non-hydrogen) atoms. The third kappa shape index (κ3) is 1.15. The zero-order chi connectivity index (χ0) is 13.3. The van der Waals surface area contributed by atoms with Crippen molar-refractivity contribution in [2.24, 2.45) is 11.8 Å². The van der Waals surface area contributed by atoms with Crippen LogP contribution in [0.25, 0.3) is 0 Å². The SMILES string of the molecule is CC[C@H]1OC(=O)[C@H]2[C@H](C(C)=O)[C@]3(C)C=C(Br)[C@]12O3. The lowest BCUT2D eigenvalue weighted by Crippen LogP contribution is -2.44. The monoisotopic (exact) mass is 314 g/mol. The van der Waals surface area contributed by atoms with E-state index in [9.17, 15) is 9.59 Å². The summed E-state index contributed by atoms with van der Waals surface area (Å²) in [6, 6.07) is 0. The first-order chi connectivity index (χ1) is 8.36. The normalized spacial score (nSPS) is 49.0. The molecule has 0 aliphatic carbocycles. The van der Waals surface area contributed by atoms with Crippen LogP contribution in [0.5, 0.6) is 0 Å². The summed E-state index contributed by atoms with van der Waals surface area (Å²) < 4.78 is 12.4. The lowest BCUT2D eigenvalue weighted by atomic mass is 9.69. The van der Waals surface area contributed by atoms with E-state index in [0.717, 1.165) is 4.48 Å². The summed E-state index contributed by atoms with van der Waals surface area (Å²) in [6.07, 6.45) is 2.28. The second-order valence-electron chi connectivity index (χ2n) is 5.47. The molecule has 2 fully saturated rings. The van der Waals surface area contributed by atoms with Crippen LogP contribution in [-0.4, -0.2) is 29.1 Å². The number of fused-ring (bicyclic) bond motifs is 1. The van der Waals surface area contributed by atoms with Crippen LogP contribution in [0.2, 0.25) is 0 Å². The minimum atomic E-state index is -0.781. The average molecular weight is 315 g/mol. The number of esters is 1. The largest absolute Gasteiger partial charge is 0.459 e. The molecule has 0 aromatic heterocycles. The van der Waals surface area contributed by atoms with Crippen LogP contribution >= 0.6 is 15.9 Å². The second kappa shape index (κ2) is 3.45. The number of ketones is 1. The van der Waals surface area contributed by atoms with Crippen molar-refractivity contribution >= 4 is 27.7 Å². The van der Waals surface area contributed by atoms with Gasteiger partial charge < -0.3 is 9.47 Å². The van der Waals surface area contributed by atoms with E-state index in [0.29, 0.717) is 6.42 Å². The number of rotatable bonds is 2. The molecule has 2 bridgehead atoms. The quantitative estimate of drug-likeness (QED) is 0.731. The van der Waals surface area contributed by atoms with Crippen LogP contribution in [0.3, 0.4) is 0 Å². The maximum Gasteiger partial charge on any atom is 0.313 e. The first kappa shape index (κ1) is 12.4. The topological polar surface area (TPSA) is 52.6 Å². The molecule has 0 unspecified atom stereocenters. The lowest BCUT2D eigenvalue weighted by molar-refractivity contribution is -0.152. The molecule has 5 atom stereocenters. The third-order valence-electron chi connectivity index (χ3n) is 4.39. The van der Waals surface area contributed by atoms with Crippen molar-refractivity contribution in [3.05, 3.63) is 10.6 Å². The Morgan fingerprint density at radius 3 is 2.78 bits per heavy atom. The fourth-order valence-electron chi connectivity index (χ4n) is 3.81. The van der Waals surface area contributed by atoms with Gasteiger partial charge in [-0.15, -0.1) is 0 Å². The zero-order valence-corrected chi connectivity index (χ0v) is 12.1. The molecule has 0 N–H and O–H groups in total. The molecule has 2 saturated heterocycles. The summed E-state index contributed by atoms with van der Waals surface area (Å²) in [5, 5.41) is 0. The molecule has 4 nitrogen and oxygen atoms in total. The average Bonchev–Trinajstić information content (AvgIpc) is 2.79. The Morgan fingerprint density at radius 1 is 1.56 bits per heavy atom. The molecule has 3 rings (SSSR count). The van der Waals surface area contributed by atoms with Gasteiger partial charge in [0.05, 0.1) is 11.5 Å². The number of carbonyl (C=O) groups excluding carboxylic acids is 2. The summed E-state index contributed by atoms with van der Waals surface area (Å²) in [6.45, 7) is 5.34. The van der Waals surface area contributed by atoms with Crippen LogP contribution in [-0.2, 0) is 19.1 Å². The van der Waals surface area contributed by atoms with E-state index in [-0.39, 0.29) is 17.9 Å². The molecule has 0 saturated carbocycles. The number of hydrogen-bond acceptors (Lipinski definition) is 4. The molecule has 0 aromatic carbocycles. The highest BCUT2D eigenvalue weighted by atomic mass is 79.9. The van der Waals surface area contributed by atoms with Crippen molar-refractivity contribution < 1.29 is 19.1 Å². The number of carbonyl (C=O) groups is 2. The van der Waals surface area contributed by atoms with Crippen molar-refractivity contribution in [2.75, 3.05) is 0 Å². The highest BCUT2D eigenvalue weighted by Gasteiger charge is 2.75. The summed E-state index contributed by atoms with van der Waals surface area (Å²) in [4.78, 5) is 24.0. The molecule has 3 aliphatic heterocycles. The lowest BCUT2D eigenvalue weighted by Gasteiger charge is -2.29. The Balaban J connectivity index is 2.19. The van der Waals surface area contributed by atoms with Gasteiger partial charge in [-0.05, 0) is 26.3 Å². The Morgan fingerprint density at radius 2 is 2.22 bits per heavy atom. The van der Waals surface area contributed by atoms with Crippen LogP contribution in [0.4, 0.5) is 0 Å². The van der Waals surface area contributed by atoms with Crippen molar-refractivity contribution in [3.8, 4) is 0 Å². The van der Waals surface area contributed by atoms with Gasteiger partial charge in [-0.25, -0.2) is 0 Å². The first-order valence-corrected chi connectivity index (χ1v) is 6.96. The van der Waals surface area contributed by atoms with Crippen molar-refractivity contribution in [3.63, 3.8) is 0 Å². The Labute approximate surface area is 114 Å². The van der Waals surface area contributed by atoms with E-state index in [1.165, 1.54) is 6.92 Å². The summed E-state index contributed by atoms with van der Waals surface area (Å²) >= 11 is 3.51. The van der Waals surface area contributed by atoms with Gasteiger partial charge in [0.25, 0.3) is 0 Å². The standard InChI is InChI=1S/C13H15BrO4/c1-4-8-13-7(14)5-12(3,18-13)9(6(2)15)10(13)11(16)17-8/h5,8-10H,4H2,1-3H3/t8-,9+,10-,12+,13+/m1/s1. The highest BCUT2D eigenvalue weighted by Crippen LogP contribution is 2.63. The maximum atomic E-state index is 12.1. The van der Waals surface area contributed by atoms with E-state index < -0.39 is 23.0 Å². The fourth-order valence-corrected chi connectivity index (χ4v) is 4.84. The van der Waals surface area contributed by atoms with Gasteiger partial charge >= 0.3 is 5.97 Å². The van der Waals surface area contributed by atoms with Crippen LogP contribution in [0, 0.1) is 11.8 Å². The molecule has 0 aromatic rings. The molecule has 98 valence electrons. The molecule has 0 amide bonds. The Bertz CT molecular complexity index is 485. The Kier molecular flexibility index (Phi) is 2.37. The van der Waals surface area contributed by atoms with Crippen molar-refractivity contribution in [1.29, 1.82) is 0 Å². The predicted octanol–water partition coefficient (Wildman–Crippen LogP) is 1.96. The van der Waals surface area contributed by atoms with Gasteiger partial charge in [0.1, 0.15) is 17.8 Å². The van der Waals surface area contributed by atoms with Crippen LogP contribution in [0.15, 0.2) is 10.6 Å². The molecule has 3 heterocycles. The van der Waals surface area contributed by atoms with Gasteiger partial charge in [-0.1, -0.05) is 22.9 Å². The minimum absolute atomic E-state index is 0.0191. The molecular weight excluding hydrogens is 300 g/mol. The molecule has 0 radical (unpaired) electrons. The van der Waals surface area contributed by atoms with Crippen molar-refractivity contribution in [1.82, 2.24) is 0 Å². The van der Waals surface area contributed by atoms with E-state index in [1.54, 1.807) is 0 Å². The highest BCUT2D eigenvalue weighted by molar-refractivity contribution is 9.11. The van der Waals surface area contributed by atoms with Crippen LogP contribution < -0.4 is 0 Å². The minimum Gasteiger partial charge on any atom is -0.459 e. The smallest absolute Gasteiger partial charge is 0.313 e. The van der Waals surface area contributed by atoms with Gasteiger partial charge in [-0.3, -0.25) is 9.59 Å². The molecular formula is C13H15BrO4. The van der Waals surface area contributed by atoms with Gasteiger partial charge in [0.2, 0.25) is 0 Å². The van der Waals surface area contributed by atoms with Gasteiger partial charge in [0.15, 0.2) is 5.60 Å². The van der Waals surface area contributed by atoms with Gasteiger partial charge in [0, 0.05) is 4.48 Å². The summed E-state index contributed by atoms with van der Waals surface area (Å²) in [5.41, 5.74) is -1.47. The second-order valence-corrected chi connectivity index (χ2v) is 6.33. The Hall–Kier alpha value is -0.680. The first-order valence-electron chi connectivity index (χ1n) is 6.16. The summed E-state index contributed by atoms with van der Waals surface area (Å²) in [5.74, 6) is -1.28. The number of Topliss-reactive ketones (excluding diaryl/α,β-unsaturated/α-hetero) is 1. The fraction of sp³-hybridized carbons (Fsp3) is 0.692. The third-order valence-corrected chi connectivity index (χ3v) is 5.24. The van der Waals surface area contributed by atoms with E-state index >= 15 is 0 Å². The maximum absolute atomic E-state index is 12.1. The van der Waals surface area contributed by atoms with E-state index in [2.05, 4.69) is 15.9 Å². The van der Waals surface area contributed by atoms with E-state index in [4.69, 9.17) is 9.47 Å².